The molecule has 0 spiro atoms. The van der Waals surface area contributed by atoms with Crippen LogP contribution < -0.4 is 10.5 Å². The van der Waals surface area contributed by atoms with Crippen molar-refractivity contribution < 1.29 is 9.53 Å². The number of carbonyl (C=O) groups is 1. The smallest absolute Gasteiger partial charge is 0.169 e. The van der Waals surface area contributed by atoms with Crippen molar-refractivity contribution in [2.75, 3.05) is 6.54 Å². The fraction of sp³-hybridized carbons (Fsp3) is 0.267. The molecular formula is C15H14ClNO2S. The summed E-state index contributed by atoms with van der Waals surface area (Å²) in [5.41, 5.74) is 7.85. The molecule has 20 heavy (non-hydrogen) atoms. The standard InChI is InChI=1S/C15H14ClNO2S/c1-8(18)13-4-5-14(20-13)10-2-3-12(16)15-11(10)6-9(7-17)19-15/h2-5,9H,6-7,17H2,1H3. The number of nitrogens with two attached hydrogens (primary N) is 1. The lowest BCUT2D eigenvalue weighted by Crippen LogP contribution is -2.24. The molecule has 0 aliphatic carbocycles. The first-order chi connectivity index (χ1) is 9.60. The lowest BCUT2D eigenvalue weighted by atomic mass is 10.0. The van der Waals surface area contributed by atoms with Crippen LogP contribution in [-0.2, 0) is 6.42 Å². The van der Waals surface area contributed by atoms with Crippen LogP contribution in [0.3, 0.4) is 0 Å². The molecule has 2 aromatic rings. The van der Waals surface area contributed by atoms with Crippen LogP contribution in [0, 0.1) is 0 Å². The molecule has 1 aromatic heterocycles. The lowest BCUT2D eigenvalue weighted by Gasteiger charge is -2.07. The van der Waals surface area contributed by atoms with Crippen molar-refractivity contribution in [2.45, 2.75) is 19.4 Å². The summed E-state index contributed by atoms with van der Waals surface area (Å²) in [6, 6.07) is 7.65. The molecule has 0 saturated heterocycles. The van der Waals surface area contributed by atoms with Gasteiger partial charge in [-0.15, -0.1) is 11.3 Å². The van der Waals surface area contributed by atoms with E-state index in [0.717, 1.165) is 33.1 Å². The number of ketones is 1. The van der Waals surface area contributed by atoms with Crippen LogP contribution in [0.25, 0.3) is 10.4 Å². The van der Waals surface area contributed by atoms with E-state index in [1.54, 1.807) is 6.92 Å². The molecule has 0 amide bonds. The molecule has 2 N–H and O–H groups in total. The van der Waals surface area contributed by atoms with Gasteiger partial charge < -0.3 is 10.5 Å². The summed E-state index contributed by atoms with van der Waals surface area (Å²) in [6.07, 6.45) is 0.741. The third kappa shape index (κ3) is 2.24. The van der Waals surface area contributed by atoms with Crippen LogP contribution in [0.2, 0.25) is 5.02 Å². The van der Waals surface area contributed by atoms with Crippen molar-refractivity contribution in [2.24, 2.45) is 5.73 Å². The van der Waals surface area contributed by atoms with Gasteiger partial charge in [-0.05, 0) is 30.7 Å². The van der Waals surface area contributed by atoms with Gasteiger partial charge in [0, 0.05) is 23.4 Å². The molecule has 0 fully saturated rings. The molecule has 2 heterocycles. The molecule has 1 atom stereocenters. The summed E-state index contributed by atoms with van der Waals surface area (Å²) in [5.74, 6) is 0.820. The summed E-state index contributed by atoms with van der Waals surface area (Å²) in [5, 5.41) is 0.614. The van der Waals surface area contributed by atoms with Crippen molar-refractivity contribution in [1.82, 2.24) is 0 Å². The number of hydrogen-bond acceptors (Lipinski definition) is 4. The second-order valence-electron chi connectivity index (χ2n) is 4.80. The Morgan fingerprint density at radius 2 is 2.25 bits per heavy atom. The predicted octanol–water partition coefficient (Wildman–Crippen LogP) is 3.53. The minimum absolute atomic E-state index is 0.0177. The molecule has 1 aliphatic rings. The van der Waals surface area contributed by atoms with E-state index in [2.05, 4.69) is 0 Å². The van der Waals surface area contributed by atoms with Gasteiger partial charge in [0.15, 0.2) is 5.78 Å². The van der Waals surface area contributed by atoms with Crippen molar-refractivity contribution in [3.8, 4) is 16.2 Å². The molecule has 1 aliphatic heterocycles. The molecular weight excluding hydrogens is 294 g/mol. The average molecular weight is 308 g/mol. The highest BCUT2D eigenvalue weighted by Crippen LogP contribution is 2.43. The molecule has 5 heteroatoms. The van der Waals surface area contributed by atoms with Crippen LogP contribution in [0.5, 0.6) is 5.75 Å². The van der Waals surface area contributed by atoms with Crippen molar-refractivity contribution in [3.63, 3.8) is 0 Å². The largest absolute Gasteiger partial charge is 0.487 e. The quantitative estimate of drug-likeness (QED) is 0.883. The number of carbonyl (C=O) groups excluding carboxylic acids is 1. The maximum Gasteiger partial charge on any atom is 0.169 e. The third-order valence-electron chi connectivity index (χ3n) is 3.41. The lowest BCUT2D eigenvalue weighted by molar-refractivity contribution is 0.102. The second kappa shape index (κ2) is 5.20. The number of rotatable bonds is 3. The first kappa shape index (κ1) is 13.6. The molecule has 0 saturated carbocycles. The molecule has 104 valence electrons. The summed E-state index contributed by atoms with van der Waals surface area (Å²) in [7, 11) is 0. The second-order valence-corrected chi connectivity index (χ2v) is 6.29. The van der Waals surface area contributed by atoms with Crippen LogP contribution in [0.4, 0.5) is 0 Å². The zero-order valence-corrected chi connectivity index (χ0v) is 12.6. The van der Waals surface area contributed by atoms with Gasteiger partial charge in [-0.1, -0.05) is 17.7 Å². The highest BCUT2D eigenvalue weighted by atomic mass is 35.5. The first-order valence-corrected chi connectivity index (χ1v) is 7.59. The van der Waals surface area contributed by atoms with Crippen molar-refractivity contribution >= 4 is 28.7 Å². The van der Waals surface area contributed by atoms with Gasteiger partial charge in [0.2, 0.25) is 0 Å². The van der Waals surface area contributed by atoms with Crippen molar-refractivity contribution in [1.29, 1.82) is 0 Å². The maximum absolute atomic E-state index is 11.4. The normalized spacial score (nSPS) is 16.9. The summed E-state index contributed by atoms with van der Waals surface area (Å²) < 4.78 is 5.78. The van der Waals surface area contributed by atoms with Crippen LogP contribution >= 0.6 is 22.9 Å². The van der Waals surface area contributed by atoms with Gasteiger partial charge in [-0.3, -0.25) is 4.79 Å². The molecule has 3 nitrogen and oxygen atoms in total. The number of fused-ring (bicyclic) bond motifs is 1. The maximum atomic E-state index is 11.4. The van der Waals surface area contributed by atoms with Gasteiger partial charge in [-0.25, -0.2) is 0 Å². The Morgan fingerprint density at radius 3 is 2.90 bits per heavy atom. The molecule has 0 radical (unpaired) electrons. The number of benzene rings is 1. The fourth-order valence-corrected chi connectivity index (χ4v) is 3.58. The monoisotopic (exact) mass is 307 g/mol. The van der Waals surface area contributed by atoms with E-state index < -0.39 is 0 Å². The van der Waals surface area contributed by atoms with Gasteiger partial charge in [0.25, 0.3) is 0 Å². The Bertz CT molecular complexity index is 681. The molecule has 3 rings (SSSR count). The summed E-state index contributed by atoms with van der Waals surface area (Å²) in [4.78, 5) is 13.2. The minimum Gasteiger partial charge on any atom is -0.487 e. The van der Waals surface area contributed by atoms with Gasteiger partial charge >= 0.3 is 0 Å². The number of hydrogen-bond donors (Lipinski definition) is 1. The van der Waals surface area contributed by atoms with Crippen molar-refractivity contribution in [3.05, 3.63) is 39.7 Å². The Morgan fingerprint density at radius 1 is 1.45 bits per heavy atom. The minimum atomic E-state index is -0.0177. The van der Waals surface area contributed by atoms with Gasteiger partial charge in [0.05, 0.1) is 9.90 Å². The highest BCUT2D eigenvalue weighted by molar-refractivity contribution is 7.17. The van der Waals surface area contributed by atoms with Crippen LogP contribution in [-0.4, -0.2) is 18.4 Å². The number of thiophene rings is 1. The van der Waals surface area contributed by atoms with Gasteiger partial charge in [0.1, 0.15) is 11.9 Å². The van der Waals surface area contributed by atoms with E-state index in [0.29, 0.717) is 11.6 Å². The van der Waals surface area contributed by atoms with Gasteiger partial charge in [-0.2, -0.15) is 0 Å². The van der Waals surface area contributed by atoms with E-state index in [4.69, 9.17) is 22.1 Å². The van der Waals surface area contributed by atoms with Crippen LogP contribution in [0.1, 0.15) is 22.2 Å². The SMILES string of the molecule is CC(=O)c1ccc(-c2ccc(Cl)c3c2CC(CN)O3)s1. The molecule has 1 aromatic carbocycles. The molecule has 0 bridgehead atoms. The Balaban J connectivity index is 2.07. The Hall–Kier alpha value is -1.36. The first-order valence-electron chi connectivity index (χ1n) is 6.39. The summed E-state index contributed by atoms with van der Waals surface area (Å²) in [6.45, 7) is 2.04. The fourth-order valence-electron chi connectivity index (χ4n) is 2.40. The average Bonchev–Trinajstić information content (AvgIpc) is 3.05. The highest BCUT2D eigenvalue weighted by Gasteiger charge is 2.27. The summed E-state index contributed by atoms with van der Waals surface area (Å²) >= 11 is 7.69. The molecule has 1 unspecified atom stereocenters. The zero-order valence-electron chi connectivity index (χ0n) is 11.0. The third-order valence-corrected chi connectivity index (χ3v) is 4.93. The van der Waals surface area contributed by atoms with E-state index in [1.807, 2.05) is 24.3 Å². The topological polar surface area (TPSA) is 52.3 Å². The number of Topliss-reactive ketones (excluding diaryl/α,β-unsaturated/α-hetero) is 1. The van der Waals surface area contributed by atoms with Crippen LogP contribution in [0.15, 0.2) is 24.3 Å². The predicted molar refractivity (Wildman–Crippen MR) is 81.9 cm³/mol. The van der Waals surface area contributed by atoms with E-state index in [-0.39, 0.29) is 11.9 Å². The Kier molecular flexibility index (Phi) is 3.54. The zero-order chi connectivity index (χ0) is 14.3. The number of halogens is 1. The van der Waals surface area contributed by atoms with E-state index >= 15 is 0 Å². The Labute approximate surface area is 126 Å². The number of ether oxygens (including phenoxy) is 1. The van der Waals surface area contributed by atoms with E-state index in [1.165, 1.54) is 11.3 Å². The van der Waals surface area contributed by atoms with E-state index in [9.17, 15) is 4.79 Å².